The van der Waals surface area contributed by atoms with Gasteiger partial charge in [-0.15, -0.1) is 0 Å². The van der Waals surface area contributed by atoms with Crippen LogP contribution in [-0.4, -0.2) is 74.7 Å². The summed E-state index contributed by atoms with van der Waals surface area (Å²) in [5.74, 6) is 0.953. The molecule has 5 rings (SSSR count). The molecular formula is C22H33N3O2. The van der Waals surface area contributed by atoms with E-state index in [-0.39, 0.29) is 5.91 Å². The second-order valence-electron chi connectivity index (χ2n) is 8.56. The van der Waals surface area contributed by atoms with Gasteiger partial charge in [-0.1, -0.05) is 17.7 Å². The molecule has 4 aliphatic rings. The van der Waals surface area contributed by atoms with Crippen LogP contribution in [0.1, 0.15) is 30.4 Å². The molecule has 0 unspecified atom stereocenters. The van der Waals surface area contributed by atoms with Crippen molar-refractivity contribution in [3.63, 3.8) is 0 Å². The van der Waals surface area contributed by atoms with Gasteiger partial charge in [-0.2, -0.15) is 0 Å². The van der Waals surface area contributed by atoms with Crippen molar-refractivity contribution < 1.29 is 9.53 Å². The van der Waals surface area contributed by atoms with Crippen LogP contribution in [0.4, 0.5) is 5.69 Å². The van der Waals surface area contributed by atoms with Crippen LogP contribution in [-0.2, 0) is 16.0 Å². The van der Waals surface area contributed by atoms with E-state index in [4.69, 9.17) is 4.74 Å². The van der Waals surface area contributed by atoms with Crippen molar-refractivity contribution in [2.75, 3.05) is 57.9 Å². The van der Waals surface area contributed by atoms with Crippen molar-refractivity contribution >= 4 is 11.6 Å². The third-order valence-electron chi connectivity index (χ3n) is 6.50. The molecule has 1 amide bonds. The minimum absolute atomic E-state index is 0.268. The molecule has 3 fully saturated rings. The molecule has 0 N–H and O–H groups in total. The Balaban J connectivity index is 1.42. The van der Waals surface area contributed by atoms with Crippen LogP contribution < -0.4 is 4.90 Å². The van der Waals surface area contributed by atoms with E-state index in [2.05, 4.69) is 34.9 Å². The smallest absolute Gasteiger partial charge is 0.241 e. The minimum atomic E-state index is 0.268. The van der Waals surface area contributed by atoms with E-state index in [9.17, 15) is 4.79 Å². The summed E-state index contributed by atoms with van der Waals surface area (Å²) in [7, 11) is 1.78. The number of carbonyl (C=O) groups is 1. The number of benzene rings is 1. The normalized spacial score (nSPS) is 26.1. The minimum Gasteiger partial charge on any atom is -0.383 e. The Labute approximate surface area is 163 Å². The Bertz CT molecular complexity index is 678. The molecule has 27 heavy (non-hydrogen) atoms. The third-order valence-corrected chi connectivity index (χ3v) is 6.50. The van der Waals surface area contributed by atoms with Gasteiger partial charge in [0.05, 0.1) is 13.2 Å². The van der Waals surface area contributed by atoms with Gasteiger partial charge in [-0.3, -0.25) is 14.6 Å². The molecular weight excluding hydrogens is 338 g/mol. The fourth-order valence-corrected chi connectivity index (χ4v) is 5.15. The molecule has 1 aromatic carbocycles. The summed E-state index contributed by atoms with van der Waals surface area (Å²) in [5, 5.41) is 0. The number of methoxy groups -OCH3 is 1. The van der Waals surface area contributed by atoms with Crippen molar-refractivity contribution in [3.05, 3.63) is 29.3 Å². The first-order valence-corrected chi connectivity index (χ1v) is 10.5. The molecule has 148 valence electrons. The quantitative estimate of drug-likeness (QED) is 0.796. The highest BCUT2D eigenvalue weighted by Crippen LogP contribution is 2.30. The number of amides is 1. The van der Waals surface area contributed by atoms with Gasteiger partial charge in [0.15, 0.2) is 0 Å². The molecule has 2 atom stereocenters. The number of hydrogen-bond donors (Lipinski definition) is 0. The lowest BCUT2D eigenvalue weighted by atomic mass is 9.95. The van der Waals surface area contributed by atoms with Crippen LogP contribution >= 0.6 is 0 Å². The fourth-order valence-electron chi connectivity index (χ4n) is 5.15. The lowest BCUT2D eigenvalue weighted by Crippen LogP contribution is -2.47. The maximum absolute atomic E-state index is 13.2. The first-order chi connectivity index (χ1) is 13.1. The largest absolute Gasteiger partial charge is 0.383 e. The molecule has 0 radical (unpaired) electrons. The van der Waals surface area contributed by atoms with Crippen LogP contribution in [0.15, 0.2) is 18.2 Å². The van der Waals surface area contributed by atoms with Crippen LogP contribution in [0.2, 0.25) is 0 Å². The monoisotopic (exact) mass is 371 g/mol. The molecule has 5 heteroatoms. The molecule has 0 spiro atoms. The van der Waals surface area contributed by atoms with Crippen LogP contribution in [0, 0.1) is 12.8 Å². The van der Waals surface area contributed by atoms with Crippen LogP contribution in [0.5, 0.6) is 0 Å². The number of hydrogen-bond acceptors (Lipinski definition) is 4. The second-order valence-corrected chi connectivity index (χ2v) is 8.56. The first-order valence-electron chi connectivity index (χ1n) is 10.5. The maximum Gasteiger partial charge on any atom is 0.241 e. The number of fused-ring (bicyclic) bond motifs is 5. The van der Waals surface area contributed by atoms with Gasteiger partial charge >= 0.3 is 0 Å². The van der Waals surface area contributed by atoms with Gasteiger partial charge in [0.2, 0.25) is 5.91 Å². The number of ether oxygens (including phenoxy) is 1. The lowest BCUT2D eigenvalue weighted by molar-refractivity contribution is -0.119. The van der Waals surface area contributed by atoms with E-state index < -0.39 is 0 Å². The summed E-state index contributed by atoms with van der Waals surface area (Å²) in [4.78, 5) is 20.2. The van der Waals surface area contributed by atoms with Crippen molar-refractivity contribution in [2.45, 2.75) is 38.6 Å². The Morgan fingerprint density at radius 3 is 2.96 bits per heavy atom. The lowest BCUT2D eigenvalue weighted by Gasteiger charge is -2.36. The average Bonchev–Trinajstić information content (AvgIpc) is 2.96. The highest BCUT2D eigenvalue weighted by molar-refractivity contribution is 5.96. The Kier molecular flexibility index (Phi) is 5.81. The third kappa shape index (κ3) is 4.20. The van der Waals surface area contributed by atoms with Gasteiger partial charge in [0.1, 0.15) is 0 Å². The Morgan fingerprint density at radius 1 is 1.22 bits per heavy atom. The summed E-state index contributed by atoms with van der Waals surface area (Å²) >= 11 is 0. The topological polar surface area (TPSA) is 36.0 Å². The molecule has 0 aromatic heterocycles. The molecule has 0 aliphatic carbocycles. The van der Waals surface area contributed by atoms with E-state index in [1.54, 1.807) is 7.11 Å². The Morgan fingerprint density at radius 2 is 2.11 bits per heavy atom. The van der Waals surface area contributed by atoms with Gasteiger partial charge in [-0.05, 0) is 50.2 Å². The zero-order chi connectivity index (χ0) is 18.8. The number of rotatable bonds is 5. The molecule has 5 nitrogen and oxygen atoms in total. The highest BCUT2D eigenvalue weighted by Gasteiger charge is 2.35. The summed E-state index contributed by atoms with van der Waals surface area (Å²) in [5.41, 5.74) is 3.75. The van der Waals surface area contributed by atoms with E-state index in [1.807, 2.05) is 4.90 Å². The molecule has 2 bridgehead atoms. The predicted octanol–water partition coefficient (Wildman–Crippen LogP) is 2.32. The van der Waals surface area contributed by atoms with Crippen molar-refractivity contribution in [1.82, 2.24) is 9.80 Å². The van der Waals surface area contributed by atoms with Crippen molar-refractivity contribution in [2.24, 2.45) is 5.92 Å². The van der Waals surface area contributed by atoms with Gasteiger partial charge in [-0.25, -0.2) is 0 Å². The molecule has 3 saturated heterocycles. The zero-order valence-electron chi connectivity index (χ0n) is 16.8. The van der Waals surface area contributed by atoms with Crippen LogP contribution in [0.3, 0.4) is 0 Å². The van der Waals surface area contributed by atoms with Gasteiger partial charge in [0, 0.05) is 51.6 Å². The van der Waals surface area contributed by atoms with E-state index in [0.29, 0.717) is 18.5 Å². The Hall–Kier alpha value is -1.43. The number of carbonyl (C=O) groups excluding carboxylic acids is 1. The number of aryl methyl sites for hydroxylation is 2. The van der Waals surface area contributed by atoms with Gasteiger partial charge < -0.3 is 9.64 Å². The molecule has 1 aromatic rings. The number of nitrogens with zero attached hydrogens (tertiary/aromatic N) is 3. The van der Waals surface area contributed by atoms with Crippen molar-refractivity contribution in [3.8, 4) is 0 Å². The maximum atomic E-state index is 13.2. The molecule has 4 aliphatic heterocycles. The van der Waals surface area contributed by atoms with E-state index >= 15 is 0 Å². The van der Waals surface area contributed by atoms with E-state index in [0.717, 1.165) is 57.9 Å². The van der Waals surface area contributed by atoms with Crippen LogP contribution in [0.25, 0.3) is 0 Å². The summed E-state index contributed by atoms with van der Waals surface area (Å²) in [6.07, 6.45) is 4.71. The number of piperidine rings is 1. The molecule has 0 saturated carbocycles. The predicted molar refractivity (Wildman–Crippen MR) is 108 cm³/mol. The summed E-state index contributed by atoms with van der Waals surface area (Å²) in [6, 6.07) is 7.09. The fraction of sp³-hybridized carbons (Fsp3) is 0.682. The summed E-state index contributed by atoms with van der Waals surface area (Å²) in [6.45, 7) is 8.58. The van der Waals surface area contributed by atoms with E-state index in [1.165, 1.54) is 24.0 Å². The van der Waals surface area contributed by atoms with Crippen molar-refractivity contribution in [1.29, 1.82) is 0 Å². The standard InChI is InChI=1S/C22H33N3O2/c1-17-5-8-21-19(12-17)4-3-9-25(21)22(26)16-23-13-18-6-7-20(15-23)24(14-18)10-11-27-2/h5,8,12,18,20H,3-4,6-7,9-11,13-16H2,1-2H3/t18-,20+/m0/s1. The zero-order valence-corrected chi connectivity index (χ0v) is 16.8. The highest BCUT2D eigenvalue weighted by atomic mass is 16.5. The van der Waals surface area contributed by atoms with Gasteiger partial charge in [0.25, 0.3) is 0 Å². The summed E-state index contributed by atoms with van der Waals surface area (Å²) < 4.78 is 5.29. The SMILES string of the molecule is COCCN1C[C@H]2CC[C@@H]1CN(CC(=O)N1CCCc3cc(C)ccc31)C2. The first kappa shape index (κ1) is 18.9. The average molecular weight is 372 g/mol. The second kappa shape index (κ2) is 8.29. The number of anilines is 1. The molecule has 4 heterocycles.